The molecule has 1 heterocycles. The summed E-state index contributed by atoms with van der Waals surface area (Å²) in [7, 11) is 0. The number of hydrogen-bond acceptors (Lipinski definition) is 3. The number of halogens is 1. The lowest BCUT2D eigenvalue weighted by molar-refractivity contribution is 0.0697. The maximum atomic E-state index is 11.3. The molecule has 0 radical (unpaired) electrons. The number of hydrogen-bond donors (Lipinski definition) is 2. The van der Waals surface area contributed by atoms with E-state index < -0.39 is 5.97 Å². The molecule has 1 aromatic heterocycles. The first kappa shape index (κ1) is 14.5. The van der Waals surface area contributed by atoms with Crippen molar-refractivity contribution < 1.29 is 9.90 Å². The number of carboxylic acid groups (broad SMARTS) is 1. The van der Waals surface area contributed by atoms with Gasteiger partial charge in [-0.3, -0.25) is 0 Å². The number of nitrogens with zero attached hydrogens (tertiary/aromatic N) is 1. The lowest BCUT2D eigenvalue weighted by atomic mass is 10.0. The highest BCUT2D eigenvalue weighted by Crippen LogP contribution is 2.27. The molecule has 0 aliphatic rings. The zero-order chi connectivity index (χ0) is 14.9. The molecule has 0 aliphatic heterocycles. The summed E-state index contributed by atoms with van der Waals surface area (Å²) in [4.78, 5) is 15.4. The summed E-state index contributed by atoms with van der Waals surface area (Å²) in [5.74, 6) is -0.667. The van der Waals surface area contributed by atoms with Crippen molar-refractivity contribution in [1.82, 2.24) is 4.98 Å². The van der Waals surface area contributed by atoms with Crippen molar-refractivity contribution >= 4 is 33.4 Å². The Labute approximate surface area is 126 Å². The standard InChI is InChI=1S/C15H15BrN2O2/c1-8-4-9(2)13(10(3)5-8)18-14-12(15(19)20)6-11(16)7-17-14/h4-7H,1-3H3,(H,17,18)(H,19,20). The number of rotatable bonds is 3. The minimum Gasteiger partial charge on any atom is -0.478 e. The van der Waals surface area contributed by atoms with Crippen molar-refractivity contribution in [2.24, 2.45) is 0 Å². The number of pyridine rings is 1. The van der Waals surface area contributed by atoms with Crippen LogP contribution < -0.4 is 5.32 Å². The third kappa shape index (κ3) is 2.99. The van der Waals surface area contributed by atoms with E-state index in [2.05, 4.69) is 38.4 Å². The van der Waals surface area contributed by atoms with Gasteiger partial charge in [0, 0.05) is 16.4 Å². The van der Waals surface area contributed by atoms with E-state index in [-0.39, 0.29) is 5.56 Å². The lowest BCUT2D eigenvalue weighted by Crippen LogP contribution is -2.06. The topological polar surface area (TPSA) is 62.2 Å². The summed E-state index contributed by atoms with van der Waals surface area (Å²) in [5, 5.41) is 12.4. The van der Waals surface area contributed by atoms with Crippen molar-refractivity contribution in [3.8, 4) is 0 Å². The number of benzene rings is 1. The van der Waals surface area contributed by atoms with Crippen LogP contribution in [0.25, 0.3) is 0 Å². The molecule has 1 aromatic carbocycles. The minimum atomic E-state index is -1.01. The van der Waals surface area contributed by atoms with Crippen LogP contribution in [0.15, 0.2) is 28.9 Å². The summed E-state index contributed by atoms with van der Waals surface area (Å²) in [6.45, 7) is 6.01. The van der Waals surface area contributed by atoms with Gasteiger partial charge in [-0.2, -0.15) is 0 Å². The molecule has 0 unspecified atom stereocenters. The van der Waals surface area contributed by atoms with E-state index >= 15 is 0 Å². The summed E-state index contributed by atoms with van der Waals surface area (Å²) in [6, 6.07) is 5.64. The number of nitrogens with one attached hydrogen (secondary N) is 1. The molecule has 2 rings (SSSR count). The molecule has 0 atom stereocenters. The van der Waals surface area contributed by atoms with Gasteiger partial charge >= 0.3 is 5.97 Å². The van der Waals surface area contributed by atoms with Crippen LogP contribution in [0.5, 0.6) is 0 Å². The van der Waals surface area contributed by atoms with Crippen LogP contribution >= 0.6 is 15.9 Å². The first-order valence-corrected chi connectivity index (χ1v) is 6.91. The molecule has 2 N–H and O–H groups in total. The number of aromatic carboxylic acids is 1. The van der Waals surface area contributed by atoms with Crippen molar-refractivity contribution in [1.29, 1.82) is 0 Å². The molecule has 20 heavy (non-hydrogen) atoms. The Kier molecular flexibility index (Phi) is 4.09. The van der Waals surface area contributed by atoms with Crippen molar-refractivity contribution in [2.45, 2.75) is 20.8 Å². The summed E-state index contributed by atoms with van der Waals surface area (Å²) in [6.07, 6.45) is 1.58. The van der Waals surface area contributed by atoms with Crippen LogP contribution in [-0.4, -0.2) is 16.1 Å². The molecule has 104 valence electrons. The van der Waals surface area contributed by atoms with Crippen molar-refractivity contribution in [3.05, 3.63) is 51.1 Å². The van der Waals surface area contributed by atoms with Gasteiger partial charge in [-0.1, -0.05) is 17.7 Å². The Morgan fingerprint density at radius 2 is 1.80 bits per heavy atom. The van der Waals surface area contributed by atoms with Crippen LogP contribution in [0, 0.1) is 20.8 Å². The first-order chi connectivity index (χ1) is 9.38. The highest BCUT2D eigenvalue weighted by atomic mass is 79.9. The monoisotopic (exact) mass is 334 g/mol. The van der Waals surface area contributed by atoms with E-state index in [1.807, 2.05) is 20.8 Å². The van der Waals surface area contributed by atoms with Gasteiger partial charge in [0.2, 0.25) is 0 Å². The zero-order valence-corrected chi connectivity index (χ0v) is 13.1. The SMILES string of the molecule is Cc1cc(C)c(Nc2ncc(Br)cc2C(=O)O)c(C)c1. The molecule has 0 bridgehead atoms. The molecule has 0 spiro atoms. The Hall–Kier alpha value is -1.88. The molecule has 4 nitrogen and oxygen atoms in total. The molecule has 0 aliphatic carbocycles. The Morgan fingerprint density at radius 1 is 1.20 bits per heavy atom. The number of anilines is 2. The average molecular weight is 335 g/mol. The third-order valence-electron chi connectivity index (χ3n) is 3.01. The Balaban J connectivity index is 2.48. The van der Waals surface area contributed by atoms with Gasteiger partial charge in [0.25, 0.3) is 0 Å². The number of carbonyl (C=O) groups is 1. The molecule has 5 heteroatoms. The minimum absolute atomic E-state index is 0.138. The average Bonchev–Trinajstić information content (AvgIpc) is 2.34. The Bertz CT molecular complexity index is 661. The smallest absolute Gasteiger partial charge is 0.339 e. The van der Waals surface area contributed by atoms with Crippen LogP contribution in [0.4, 0.5) is 11.5 Å². The lowest BCUT2D eigenvalue weighted by Gasteiger charge is -2.14. The van der Waals surface area contributed by atoms with E-state index in [4.69, 9.17) is 0 Å². The number of carboxylic acids is 1. The predicted octanol–water partition coefficient (Wildman–Crippen LogP) is 4.21. The van der Waals surface area contributed by atoms with E-state index in [0.29, 0.717) is 10.3 Å². The fourth-order valence-corrected chi connectivity index (χ4v) is 2.53. The maximum Gasteiger partial charge on any atom is 0.339 e. The van der Waals surface area contributed by atoms with Gasteiger partial charge in [-0.25, -0.2) is 9.78 Å². The predicted molar refractivity (Wildman–Crippen MR) is 82.8 cm³/mol. The number of aryl methyl sites for hydroxylation is 3. The molecular weight excluding hydrogens is 320 g/mol. The first-order valence-electron chi connectivity index (χ1n) is 6.12. The third-order valence-corrected chi connectivity index (χ3v) is 3.44. The van der Waals surface area contributed by atoms with Gasteiger partial charge < -0.3 is 10.4 Å². The zero-order valence-electron chi connectivity index (χ0n) is 11.5. The highest BCUT2D eigenvalue weighted by Gasteiger charge is 2.14. The fourth-order valence-electron chi connectivity index (χ4n) is 2.20. The van der Waals surface area contributed by atoms with Crippen LogP contribution in [-0.2, 0) is 0 Å². The van der Waals surface area contributed by atoms with Gasteiger partial charge in [0.15, 0.2) is 0 Å². The van der Waals surface area contributed by atoms with E-state index in [1.54, 1.807) is 6.20 Å². The van der Waals surface area contributed by atoms with E-state index in [0.717, 1.165) is 16.8 Å². The maximum absolute atomic E-state index is 11.3. The largest absolute Gasteiger partial charge is 0.478 e. The fraction of sp³-hybridized carbons (Fsp3) is 0.200. The van der Waals surface area contributed by atoms with E-state index in [9.17, 15) is 9.90 Å². The molecular formula is C15H15BrN2O2. The van der Waals surface area contributed by atoms with Gasteiger partial charge in [-0.15, -0.1) is 0 Å². The van der Waals surface area contributed by atoms with Gasteiger partial charge in [0.05, 0.1) is 0 Å². The summed E-state index contributed by atoms with van der Waals surface area (Å²) in [5.41, 5.74) is 4.33. The van der Waals surface area contributed by atoms with Crippen molar-refractivity contribution in [3.63, 3.8) is 0 Å². The molecule has 0 fully saturated rings. The van der Waals surface area contributed by atoms with Crippen LogP contribution in [0.3, 0.4) is 0 Å². The second kappa shape index (κ2) is 5.63. The second-order valence-electron chi connectivity index (χ2n) is 4.75. The van der Waals surface area contributed by atoms with Crippen LogP contribution in [0.2, 0.25) is 0 Å². The molecule has 2 aromatic rings. The van der Waals surface area contributed by atoms with Gasteiger partial charge in [-0.05, 0) is 53.9 Å². The van der Waals surface area contributed by atoms with Crippen molar-refractivity contribution in [2.75, 3.05) is 5.32 Å². The van der Waals surface area contributed by atoms with Crippen LogP contribution in [0.1, 0.15) is 27.0 Å². The van der Waals surface area contributed by atoms with Gasteiger partial charge in [0.1, 0.15) is 11.4 Å². The second-order valence-corrected chi connectivity index (χ2v) is 5.67. The highest BCUT2D eigenvalue weighted by molar-refractivity contribution is 9.10. The number of aromatic nitrogens is 1. The quantitative estimate of drug-likeness (QED) is 0.882. The van der Waals surface area contributed by atoms with E-state index in [1.165, 1.54) is 11.6 Å². The molecule has 0 saturated heterocycles. The summed E-state index contributed by atoms with van der Waals surface area (Å²) >= 11 is 3.23. The molecule has 0 saturated carbocycles. The Morgan fingerprint density at radius 3 is 2.35 bits per heavy atom. The molecule has 0 amide bonds. The normalized spacial score (nSPS) is 10.4. The summed E-state index contributed by atoms with van der Waals surface area (Å²) < 4.78 is 0.637.